The van der Waals surface area contributed by atoms with Crippen LogP contribution in [0.4, 0.5) is 18.9 Å². The Balaban J connectivity index is 2.32. The van der Waals surface area contributed by atoms with Crippen LogP contribution in [0, 0.1) is 6.92 Å². The molecule has 2 aromatic rings. The number of carbonyl (C=O) groups excluding carboxylic acids is 1. The zero-order chi connectivity index (χ0) is 28.7. The molecular formula is C25H35ClF3NO5PSi2. The predicted molar refractivity (Wildman–Crippen MR) is 151 cm³/mol. The van der Waals surface area contributed by atoms with E-state index in [0.717, 1.165) is 18.2 Å². The molecule has 38 heavy (non-hydrogen) atoms. The molecule has 6 nitrogen and oxygen atoms in total. The van der Waals surface area contributed by atoms with Crippen LogP contribution in [0.2, 0.25) is 49.8 Å². The quantitative estimate of drug-likeness (QED) is 0.140. The smallest absolute Gasteiger partial charge is 0.403 e. The highest BCUT2D eigenvalue weighted by atomic mass is 35.5. The third-order valence-electron chi connectivity index (χ3n) is 5.23. The van der Waals surface area contributed by atoms with Crippen molar-refractivity contribution in [2.75, 3.05) is 18.5 Å². The lowest BCUT2D eigenvalue weighted by Gasteiger charge is -2.22. The van der Waals surface area contributed by atoms with E-state index in [-0.39, 0.29) is 35.2 Å². The molecule has 0 saturated heterocycles. The predicted octanol–water partition coefficient (Wildman–Crippen LogP) is 8.92. The van der Waals surface area contributed by atoms with Crippen LogP contribution in [-0.2, 0) is 19.8 Å². The topological polar surface area (TPSA) is 73.9 Å². The Morgan fingerprint density at radius 1 is 1.08 bits per heavy atom. The number of alkyl halides is 3. The number of phosphoric ester groups is 1. The summed E-state index contributed by atoms with van der Waals surface area (Å²) >= 11 is 6.10. The van der Waals surface area contributed by atoms with Crippen LogP contribution in [-0.4, -0.2) is 36.0 Å². The SMILES string of the molecule is Cc1cc(NC(=O)c2cc(Cl)ccc2OP(=O)(OCCC[Si](C)C)OCC[Si](C)(C)C)cc(C(F)(F)F)c1. The van der Waals surface area contributed by atoms with Gasteiger partial charge in [-0.25, -0.2) is 4.57 Å². The van der Waals surface area contributed by atoms with Gasteiger partial charge in [0.15, 0.2) is 0 Å². The van der Waals surface area contributed by atoms with Crippen molar-refractivity contribution in [3.63, 3.8) is 0 Å². The standard InChI is InChI=1S/C25H35ClF3NO5PSi2/c1-18-14-19(25(27,28)29)16-21(15-18)30-24(31)22-17-20(26)8-9-23(22)35-36(32,33-10-7-12-37(2)3)34-11-13-38(4,5)6/h8-9,14-17H,7,10-13H2,1-6H3,(H,30,31). The molecule has 0 saturated carbocycles. The Labute approximate surface area is 230 Å². The number of amides is 1. The number of halogens is 4. The minimum Gasteiger partial charge on any atom is -0.403 e. The van der Waals surface area contributed by atoms with Gasteiger partial charge in [0.2, 0.25) is 0 Å². The summed E-state index contributed by atoms with van der Waals surface area (Å²) < 4.78 is 70.3. The lowest BCUT2D eigenvalue weighted by Crippen LogP contribution is -2.22. The molecule has 1 N–H and O–H groups in total. The van der Waals surface area contributed by atoms with Gasteiger partial charge in [-0.2, -0.15) is 13.2 Å². The van der Waals surface area contributed by atoms with Crippen molar-refractivity contribution in [1.82, 2.24) is 0 Å². The van der Waals surface area contributed by atoms with E-state index in [0.29, 0.717) is 18.0 Å². The maximum atomic E-state index is 13.6. The van der Waals surface area contributed by atoms with E-state index in [1.165, 1.54) is 31.2 Å². The molecule has 211 valence electrons. The normalized spacial score (nSPS) is 13.9. The number of phosphoric acid groups is 1. The first-order valence-corrected chi connectivity index (χ1v) is 20.4. The fourth-order valence-corrected chi connectivity index (χ4v) is 6.41. The van der Waals surface area contributed by atoms with Gasteiger partial charge in [-0.05, 0) is 61.4 Å². The summed E-state index contributed by atoms with van der Waals surface area (Å²) in [6.07, 6.45) is -3.90. The average molecular weight is 609 g/mol. The lowest BCUT2D eigenvalue weighted by molar-refractivity contribution is -0.137. The van der Waals surface area contributed by atoms with Crippen LogP contribution in [0.25, 0.3) is 0 Å². The summed E-state index contributed by atoms with van der Waals surface area (Å²) in [5.41, 5.74) is -0.767. The van der Waals surface area contributed by atoms with E-state index < -0.39 is 42.3 Å². The van der Waals surface area contributed by atoms with Crippen molar-refractivity contribution in [1.29, 1.82) is 0 Å². The molecule has 0 aliphatic heterocycles. The summed E-state index contributed by atoms with van der Waals surface area (Å²) in [5, 5.41) is 2.63. The number of nitrogens with one attached hydrogen (secondary N) is 1. The molecule has 0 aromatic heterocycles. The molecular weight excluding hydrogens is 574 g/mol. The van der Waals surface area contributed by atoms with E-state index in [1.807, 2.05) is 0 Å². The Hall–Kier alpha value is -1.63. The molecule has 13 heteroatoms. The first kappa shape index (κ1) is 32.6. The molecule has 1 unspecified atom stereocenters. The van der Waals surface area contributed by atoms with Gasteiger partial charge in [-0.3, -0.25) is 13.8 Å². The van der Waals surface area contributed by atoms with E-state index >= 15 is 0 Å². The molecule has 0 fully saturated rings. The van der Waals surface area contributed by atoms with Crippen molar-refractivity contribution in [2.45, 2.75) is 64.3 Å². The number of carbonyl (C=O) groups is 1. The highest BCUT2D eigenvalue weighted by molar-refractivity contribution is 7.48. The van der Waals surface area contributed by atoms with Crippen LogP contribution in [0.1, 0.15) is 27.9 Å². The second kappa shape index (κ2) is 13.6. The van der Waals surface area contributed by atoms with Crippen molar-refractivity contribution in [3.8, 4) is 5.75 Å². The van der Waals surface area contributed by atoms with Gasteiger partial charge in [0.25, 0.3) is 5.91 Å². The summed E-state index contributed by atoms with van der Waals surface area (Å²) in [5.74, 6) is -0.915. The summed E-state index contributed by atoms with van der Waals surface area (Å²) in [6.45, 7) is 12.6. The largest absolute Gasteiger partial charge is 0.530 e. The number of rotatable bonds is 13. The van der Waals surface area contributed by atoms with Crippen LogP contribution in [0.5, 0.6) is 5.75 Å². The molecule has 2 rings (SSSR count). The Morgan fingerprint density at radius 2 is 1.74 bits per heavy atom. The molecule has 0 spiro atoms. The van der Waals surface area contributed by atoms with Crippen molar-refractivity contribution < 1.29 is 36.1 Å². The highest BCUT2D eigenvalue weighted by Crippen LogP contribution is 2.51. The monoisotopic (exact) mass is 608 g/mol. The zero-order valence-corrected chi connectivity index (χ0v) is 26.2. The fourth-order valence-electron chi connectivity index (χ4n) is 3.25. The van der Waals surface area contributed by atoms with Gasteiger partial charge >= 0.3 is 14.0 Å². The van der Waals surface area contributed by atoms with Crippen molar-refractivity contribution >= 4 is 47.9 Å². The Morgan fingerprint density at radius 3 is 2.34 bits per heavy atom. The van der Waals surface area contributed by atoms with Crippen LogP contribution >= 0.6 is 19.4 Å². The molecule has 0 aliphatic carbocycles. The van der Waals surface area contributed by atoms with E-state index in [1.54, 1.807) is 0 Å². The Kier molecular flexibility index (Phi) is 11.7. The number of aryl methyl sites for hydroxylation is 1. The summed E-state index contributed by atoms with van der Waals surface area (Å²) in [6, 6.07) is 8.96. The number of hydrogen-bond donors (Lipinski definition) is 1. The molecule has 0 aliphatic rings. The molecule has 0 heterocycles. The van der Waals surface area contributed by atoms with E-state index in [4.69, 9.17) is 25.2 Å². The summed E-state index contributed by atoms with van der Waals surface area (Å²) in [4.78, 5) is 13.1. The van der Waals surface area contributed by atoms with Gasteiger partial charge in [0, 0.05) is 27.6 Å². The molecule has 2 aromatic carbocycles. The Bertz CT molecular complexity index is 1160. The molecule has 1 radical (unpaired) electrons. The van der Waals surface area contributed by atoms with Gasteiger partial charge in [-0.1, -0.05) is 50.4 Å². The van der Waals surface area contributed by atoms with Crippen LogP contribution in [0.15, 0.2) is 36.4 Å². The number of hydrogen-bond acceptors (Lipinski definition) is 5. The maximum Gasteiger partial charge on any atom is 0.530 e. The van der Waals surface area contributed by atoms with E-state index in [2.05, 4.69) is 38.1 Å². The fraction of sp³-hybridized carbons (Fsp3) is 0.480. The second-order valence-electron chi connectivity index (χ2n) is 10.5. The zero-order valence-electron chi connectivity index (χ0n) is 22.5. The number of anilines is 1. The first-order valence-electron chi connectivity index (χ1n) is 12.1. The molecule has 1 amide bonds. The van der Waals surface area contributed by atoms with Gasteiger partial charge in [0.05, 0.1) is 24.3 Å². The molecule has 0 bridgehead atoms. The third kappa shape index (κ3) is 11.2. The summed E-state index contributed by atoms with van der Waals surface area (Å²) in [7, 11) is -6.14. The number of benzene rings is 2. The van der Waals surface area contributed by atoms with Crippen LogP contribution in [0.3, 0.4) is 0 Å². The lowest BCUT2D eigenvalue weighted by atomic mass is 10.1. The maximum absolute atomic E-state index is 13.6. The van der Waals surface area contributed by atoms with Crippen LogP contribution < -0.4 is 9.84 Å². The van der Waals surface area contributed by atoms with Crippen molar-refractivity contribution in [2.24, 2.45) is 0 Å². The van der Waals surface area contributed by atoms with Gasteiger partial charge in [0.1, 0.15) is 5.75 Å². The second-order valence-corrected chi connectivity index (χ2v) is 21.1. The van der Waals surface area contributed by atoms with Crippen molar-refractivity contribution in [3.05, 3.63) is 58.1 Å². The third-order valence-corrected chi connectivity index (χ3v) is 9.94. The highest BCUT2D eigenvalue weighted by Gasteiger charge is 2.33. The first-order chi connectivity index (χ1) is 17.5. The van der Waals surface area contributed by atoms with Gasteiger partial charge < -0.3 is 9.84 Å². The van der Waals surface area contributed by atoms with Gasteiger partial charge in [-0.15, -0.1) is 0 Å². The molecule has 1 atom stereocenters. The average Bonchev–Trinajstić information content (AvgIpc) is 2.76. The van der Waals surface area contributed by atoms with E-state index in [9.17, 15) is 22.5 Å². The minimum absolute atomic E-state index is 0.0594. The minimum atomic E-state index is -4.58.